The Hall–Kier alpha value is -2.16. The van der Waals surface area contributed by atoms with Crippen LogP contribution in [-0.2, 0) is 11.2 Å². The average molecular weight is 313 g/mol. The number of halogens is 1. The van der Waals surface area contributed by atoms with Crippen molar-refractivity contribution in [1.29, 1.82) is 0 Å². The van der Waals surface area contributed by atoms with E-state index in [0.717, 1.165) is 12.0 Å². The third kappa shape index (κ3) is 4.65. The van der Waals surface area contributed by atoms with Crippen molar-refractivity contribution in [2.45, 2.75) is 46.1 Å². The normalized spacial score (nSPS) is 12.0. The van der Waals surface area contributed by atoms with Gasteiger partial charge in [0.05, 0.1) is 6.04 Å². The SMILES string of the molecule is CC[C@@H](NC(=O)CCc1ccccc1F)c1ccc(C)c(C)c1. The van der Waals surface area contributed by atoms with E-state index in [2.05, 4.69) is 44.3 Å². The fourth-order valence-electron chi connectivity index (χ4n) is 2.62. The van der Waals surface area contributed by atoms with E-state index in [4.69, 9.17) is 0 Å². The first-order chi connectivity index (χ1) is 11.0. The van der Waals surface area contributed by atoms with Crippen LogP contribution in [0.2, 0.25) is 0 Å². The number of amides is 1. The van der Waals surface area contributed by atoms with Gasteiger partial charge in [-0.1, -0.05) is 43.3 Å². The van der Waals surface area contributed by atoms with Crippen molar-refractivity contribution in [2.75, 3.05) is 0 Å². The highest BCUT2D eigenvalue weighted by molar-refractivity contribution is 5.76. The van der Waals surface area contributed by atoms with Gasteiger partial charge in [-0.25, -0.2) is 4.39 Å². The van der Waals surface area contributed by atoms with Gasteiger partial charge in [-0.3, -0.25) is 4.79 Å². The number of hydrogen-bond acceptors (Lipinski definition) is 1. The predicted octanol–water partition coefficient (Wildman–Crippen LogP) is 4.64. The Kier molecular flexibility index (Phi) is 5.91. The molecule has 1 N–H and O–H groups in total. The summed E-state index contributed by atoms with van der Waals surface area (Å²) >= 11 is 0. The quantitative estimate of drug-likeness (QED) is 0.827. The summed E-state index contributed by atoms with van der Waals surface area (Å²) in [4.78, 5) is 12.2. The molecule has 2 rings (SSSR count). The summed E-state index contributed by atoms with van der Waals surface area (Å²) in [7, 11) is 0. The first-order valence-electron chi connectivity index (χ1n) is 8.11. The smallest absolute Gasteiger partial charge is 0.220 e. The molecule has 0 bridgehead atoms. The maximum Gasteiger partial charge on any atom is 0.220 e. The fraction of sp³-hybridized carbons (Fsp3) is 0.350. The molecule has 122 valence electrons. The van der Waals surface area contributed by atoms with Gasteiger partial charge in [0.15, 0.2) is 0 Å². The molecule has 0 aromatic heterocycles. The summed E-state index contributed by atoms with van der Waals surface area (Å²) in [6.07, 6.45) is 1.54. The van der Waals surface area contributed by atoms with Crippen molar-refractivity contribution in [3.05, 3.63) is 70.5 Å². The molecule has 2 aromatic carbocycles. The van der Waals surface area contributed by atoms with Crippen LogP contribution in [-0.4, -0.2) is 5.91 Å². The molecular formula is C20H24FNO. The summed E-state index contributed by atoms with van der Waals surface area (Å²) in [6.45, 7) is 6.20. The lowest BCUT2D eigenvalue weighted by atomic mass is 9.99. The Bertz CT molecular complexity index is 681. The lowest BCUT2D eigenvalue weighted by molar-refractivity contribution is -0.121. The monoisotopic (exact) mass is 313 g/mol. The molecular weight excluding hydrogens is 289 g/mol. The average Bonchev–Trinajstić information content (AvgIpc) is 2.54. The molecule has 0 spiro atoms. The van der Waals surface area contributed by atoms with Crippen LogP contribution in [0.5, 0.6) is 0 Å². The highest BCUT2D eigenvalue weighted by Gasteiger charge is 2.14. The van der Waals surface area contributed by atoms with E-state index < -0.39 is 0 Å². The van der Waals surface area contributed by atoms with Crippen LogP contribution in [0.3, 0.4) is 0 Å². The zero-order valence-corrected chi connectivity index (χ0v) is 14.0. The lowest BCUT2D eigenvalue weighted by Crippen LogP contribution is -2.28. The van der Waals surface area contributed by atoms with Gasteiger partial charge in [-0.05, 0) is 55.0 Å². The molecule has 0 aliphatic rings. The largest absolute Gasteiger partial charge is 0.349 e. The molecule has 0 aliphatic heterocycles. The van der Waals surface area contributed by atoms with Crippen LogP contribution in [0.4, 0.5) is 4.39 Å². The van der Waals surface area contributed by atoms with Gasteiger partial charge in [-0.15, -0.1) is 0 Å². The Labute approximate surface area is 137 Å². The second-order valence-electron chi connectivity index (χ2n) is 5.96. The van der Waals surface area contributed by atoms with Gasteiger partial charge >= 0.3 is 0 Å². The molecule has 23 heavy (non-hydrogen) atoms. The number of nitrogens with one attached hydrogen (secondary N) is 1. The van der Waals surface area contributed by atoms with E-state index >= 15 is 0 Å². The van der Waals surface area contributed by atoms with Crippen LogP contribution in [0, 0.1) is 19.7 Å². The fourth-order valence-corrected chi connectivity index (χ4v) is 2.62. The number of carbonyl (C=O) groups is 1. The molecule has 0 saturated carbocycles. The third-order valence-electron chi connectivity index (χ3n) is 4.26. The van der Waals surface area contributed by atoms with Crippen molar-refractivity contribution >= 4 is 5.91 Å². The van der Waals surface area contributed by atoms with Crippen LogP contribution in [0.25, 0.3) is 0 Å². The summed E-state index contributed by atoms with van der Waals surface area (Å²) in [5.41, 5.74) is 4.17. The van der Waals surface area contributed by atoms with Crippen LogP contribution in [0.15, 0.2) is 42.5 Å². The zero-order chi connectivity index (χ0) is 16.8. The molecule has 2 aromatic rings. The van der Waals surface area contributed by atoms with E-state index in [-0.39, 0.29) is 17.8 Å². The first kappa shape index (κ1) is 17.2. The Balaban J connectivity index is 1.97. The summed E-state index contributed by atoms with van der Waals surface area (Å²) < 4.78 is 13.6. The van der Waals surface area contributed by atoms with Crippen molar-refractivity contribution in [2.24, 2.45) is 0 Å². The van der Waals surface area contributed by atoms with Crippen molar-refractivity contribution < 1.29 is 9.18 Å². The third-order valence-corrected chi connectivity index (χ3v) is 4.26. The van der Waals surface area contributed by atoms with Crippen LogP contribution >= 0.6 is 0 Å². The minimum atomic E-state index is -0.249. The number of rotatable bonds is 6. The van der Waals surface area contributed by atoms with E-state index in [9.17, 15) is 9.18 Å². The van der Waals surface area contributed by atoms with Gasteiger partial charge < -0.3 is 5.32 Å². The zero-order valence-electron chi connectivity index (χ0n) is 14.0. The Morgan fingerprint density at radius 1 is 1.13 bits per heavy atom. The number of hydrogen-bond donors (Lipinski definition) is 1. The molecule has 0 fully saturated rings. The summed E-state index contributed by atoms with van der Waals surface area (Å²) in [6, 6.07) is 12.9. The molecule has 3 heteroatoms. The summed E-state index contributed by atoms with van der Waals surface area (Å²) in [5, 5.41) is 3.06. The Morgan fingerprint density at radius 3 is 2.52 bits per heavy atom. The molecule has 1 amide bonds. The number of benzene rings is 2. The van der Waals surface area contributed by atoms with Gasteiger partial charge in [0.1, 0.15) is 5.82 Å². The second kappa shape index (κ2) is 7.91. The van der Waals surface area contributed by atoms with Crippen molar-refractivity contribution in [3.8, 4) is 0 Å². The van der Waals surface area contributed by atoms with E-state index in [1.165, 1.54) is 17.2 Å². The van der Waals surface area contributed by atoms with Crippen molar-refractivity contribution in [3.63, 3.8) is 0 Å². The maximum atomic E-state index is 13.6. The minimum absolute atomic E-state index is 0.00224. The van der Waals surface area contributed by atoms with E-state index in [1.807, 2.05) is 0 Å². The standard InChI is InChI=1S/C20H24FNO/c1-4-19(17-10-9-14(2)15(3)13-17)22-20(23)12-11-16-7-5-6-8-18(16)21/h5-10,13,19H,4,11-12H2,1-3H3,(H,22,23)/t19-/m1/s1. The number of aryl methyl sites for hydroxylation is 3. The van der Waals surface area contributed by atoms with Crippen molar-refractivity contribution in [1.82, 2.24) is 5.32 Å². The van der Waals surface area contributed by atoms with Crippen LogP contribution < -0.4 is 5.32 Å². The molecule has 0 unspecified atom stereocenters. The van der Waals surface area contributed by atoms with E-state index in [1.54, 1.807) is 18.2 Å². The molecule has 0 heterocycles. The highest BCUT2D eigenvalue weighted by Crippen LogP contribution is 2.20. The Morgan fingerprint density at radius 2 is 1.87 bits per heavy atom. The predicted molar refractivity (Wildman–Crippen MR) is 91.8 cm³/mol. The lowest BCUT2D eigenvalue weighted by Gasteiger charge is -2.18. The first-order valence-corrected chi connectivity index (χ1v) is 8.11. The van der Waals surface area contributed by atoms with E-state index in [0.29, 0.717) is 18.4 Å². The maximum absolute atomic E-state index is 13.6. The van der Waals surface area contributed by atoms with Gasteiger partial charge in [-0.2, -0.15) is 0 Å². The van der Waals surface area contributed by atoms with Gasteiger partial charge in [0, 0.05) is 6.42 Å². The highest BCUT2D eigenvalue weighted by atomic mass is 19.1. The minimum Gasteiger partial charge on any atom is -0.349 e. The molecule has 0 aliphatic carbocycles. The molecule has 2 nitrogen and oxygen atoms in total. The van der Waals surface area contributed by atoms with Gasteiger partial charge in [0.25, 0.3) is 0 Å². The van der Waals surface area contributed by atoms with Crippen LogP contribution in [0.1, 0.15) is 48.1 Å². The van der Waals surface area contributed by atoms with Gasteiger partial charge in [0.2, 0.25) is 5.91 Å². The topological polar surface area (TPSA) is 29.1 Å². The second-order valence-corrected chi connectivity index (χ2v) is 5.96. The summed E-state index contributed by atoms with van der Waals surface area (Å²) in [5.74, 6) is -0.292. The number of carbonyl (C=O) groups excluding carboxylic acids is 1. The molecule has 1 atom stereocenters. The molecule has 0 radical (unpaired) electrons. The molecule has 0 saturated heterocycles.